The number of hydrogen-bond donors (Lipinski definition) is 2. The predicted octanol–water partition coefficient (Wildman–Crippen LogP) is 5.90. The molecule has 0 bridgehead atoms. The molecule has 0 aromatic carbocycles. The Balaban J connectivity index is 1.71. The van der Waals surface area contributed by atoms with Gasteiger partial charge in [0.05, 0.1) is 6.10 Å². The average molecular weight is 485 g/mol. The molecule has 0 spiro atoms. The first-order chi connectivity index (χ1) is 16.1. The van der Waals surface area contributed by atoms with Crippen molar-refractivity contribution in [2.24, 2.45) is 39.4 Å². The van der Waals surface area contributed by atoms with E-state index in [4.69, 9.17) is 5.11 Å². The van der Waals surface area contributed by atoms with Crippen LogP contribution in [0.1, 0.15) is 99.8 Å². The topological polar surface area (TPSA) is 91.7 Å². The lowest BCUT2D eigenvalue weighted by atomic mass is 9.43. The quantitative estimate of drug-likeness (QED) is 0.474. The molecule has 0 saturated heterocycles. The molecule has 2 N–H and O–H groups in total. The molecular weight excluding hydrogens is 440 g/mol. The van der Waals surface area contributed by atoms with Crippen LogP contribution in [-0.4, -0.2) is 33.9 Å². The van der Waals surface area contributed by atoms with E-state index in [1.54, 1.807) is 13.0 Å². The third-order valence-electron chi connectivity index (χ3n) is 11.5. The van der Waals surface area contributed by atoms with Crippen LogP contribution in [0.25, 0.3) is 0 Å². The number of carboxylic acid groups (broad SMARTS) is 1. The zero-order valence-corrected chi connectivity index (χ0v) is 22.7. The van der Waals surface area contributed by atoms with Crippen LogP contribution in [0.3, 0.4) is 0 Å². The van der Waals surface area contributed by atoms with E-state index in [0.29, 0.717) is 37.0 Å². The molecule has 4 aliphatic rings. The van der Waals surface area contributed by atoms with Gasteiger partial charge in [0.1, 0.15) is 5.78 Å². The van der Waals surface area contributed by atoms with Crippen molar-refractivity contribution >= 4 is 17.5 Å². The smallest absolute Gasteiger partial charge is 0.330 e. The summed E-state index contributed by atoms with van der Waals surface area (Å²) in [6.45, 7) is 14.6. The number of carbonyl (C=O) groups excluding carboxylic acids is 2. The summed E-state index contributed by atoms with van der Waals surface area (Å²) in [6, 6.07) is 0. The number of Topliss-reactive ketones (excluding diaryl/α,β-unsaturated/α-hetero) is 2. The van der Waals surface area contributed by atoms with E-state index in [1.165, 1.54) is 5.57 Å². The van der Waals surface area contributed by atoms with Gasteiger partial charge in [-0.15, -0.1) is 0 Å². The van der Waals surface area contributed by atoms with E-state index in [9.17, 15) is 19.5 Å². The maximum atomic E-state index is 14.0. The van der Waals surface area contributed by atoms with Gasteiger partial charge in [0.15, 0.2) is 5.78 Å². The second-order valence-corrected chi connectivity index (χ2v) is 13.3. The van der Waals surface area contributed by atoms with Gasteiger partial charge in [-0.05, 0) is 68.6 Å². The molecular formula is C30H44O5. The van der Waals surface area contributed by atoms with Crippen LogP contribution < -0.4 is 0 Å². The lowest BCUT2D eigenvalue weighted by molar-refractivity contribution is -0.143. The predicted molar refractivity (Wildman–Crippen MR) is 136 cm³/mol. The van der Waals surface area contributed by atoms with Gasteiger partial charge in [0.25, 0.3) is 0 Å². The van der Waals surface area contributed by atoms with E-state index < -0.39 is 22.9 Å². The zero-order chi connectivity index (χ0) is 26.1. The molecule has 194 valence electrons. The van der Waals surface area contributed by atoms with E-state index in [1.807, 2.05) is 0 Å². The highest BCUT2D eigenvalue weighted by atomic mass is 16.4. The second kappa shape index (κ2) is 8.39. The molecule has 0 heterocycles. The van der Waals surface area contributed by atoms with Crippen LogP contribution in [-0.2, 0) is 14.4 Å². The first kappa shape index (κ1) is 26.3. The fourth-order valence-corrected chi connectivity index (χ4v) is 9.10. The van der Waals surface area contributed by atoms with Crippen molar-refractivity contribution in [1.29, 1.82) is 0 Å². The number of aliphatic hydroxyl groups is 1. The second-order valence-electron chi connectivity index (χ2n) is 13.3. The van der Waals surface area contributed by atoms with Gasteiger partial charge in [0, 0.05) is 40.2 Å². The number of aliphatic carboxylic acids is 1. The Hall–Kier alpha value is -1.75. The van der Waals surface area contributed by atoms with Crippen LogP contribution in [0.4, 0.5) is 0 Å². The van der Waals surface area contributed by atoms with Crippen LogP contribution in [0.2, 0.25) is 0 Å². The molecule has 4 aliphatic carbocycles. The highest BCUT2D eigenvalue weighted by Gasteiger charge is 2.68. The molecule has 4 rings (SSSR count). The average Bonchev–Trinajstić information content (AvgIpc) is 2.97. The van der Waals surface area contributed by atoms with E-state index in [-0.39, 0.29) is 34.4 Å². The number of carbonyl (C=O) groups is 3. The fourth-order valence-electron chi connectivity index (χ4n) is 9.10. The zero-order valence-electron chi connectivity index (χ0n) is 22.7. The number of carboxylic acids is 1. The number of ketones is 2. The monoisotopic (exact) mass is 484 g/mol. The Bertz CT molecular complexity index is 1020. The Morgan fingerprint density at radius 1 is 1.14 bits per heavy atom. The van der Waals surface area contributed by atoms with Crippen LogP contribution in [0, 0.1) is 39.4 Å². The van der Waals surface area contributed by atoms with E-state index in [0.717, 1.165) is 31.3 Å². The number of hydrogen-bond acceptors (Lipinski definition) is 4. The van der Waals surface area contributed by atoms with Gasteiger partial charge in [-0.2, -0.15) is 0 Å². The summed E-state index contributed by atoms with van der Waals surface area (Å²) in [4.78, 5) is 38.0. The Kier molecular flexibility index (Phi) is 6.31. The van der Waals surface area contributed by atoms with Crippen molar-refractivity contribution < 1.29 is 24.6 Å². The maximum Gasteiger partial charge on any atom is 0.330 e. The number of rotatable bonds is 5. The van der Waals surface area contributed by atoms with Crippen molar-refractivity contribution in [3.8, 4) is 0 Å². The molecule has 0 aromatic heterocycles. The van der Waals surface area contributed by atoms with Gasteiger partial charge in [-0.25, -0.2) is 4.79 Å². The molecule has 2 fully saturated rings. The lowest BCUT2D eigenvalue weighted by Gasteiger charge is -2.60. The summed E-state index contributed by atoms with van der Waals surface area (Å²) >= 11 is 0. The van der Waals surface area contributed by atoms with Crippen molar-refractivity contribution in [3.05, 3.63) is 22.8 Å². The summed E-state index contributed by atoms with van der Waals surface area (Å²) < 4.78 is 0. The third-order valence-corrected chi connectivity index (χ3v) is 11.5. The normalized spacial score (nSPS) is 41.8. The number of aliphatic hydroxyl groups excluding tert-OH is 1. The van der Waals surface area contributed by atoms with Crippen molar-refractivity contribution in [2.75, 3.05) is 0 Å². The van der Waals surface area contributed by atoms with Crippen LogP contribution >= 0.6 is 0 Å². The maximum absolute atomic E-state index is 14.0. The minimum Gasteiger partial charge on any atom is -0.478 e. The summed E-state index contributed by atoms with van der Waals surface area (Å²) in [5.41, 5.74) is 0.944. The van der Waals surface area contributed by atoms with Crippen LogP contribution in [0.15, 0.2) is 22.8 Å². The summed E-state index contributed by atoms with van der Waals surface area (Å²) in [6.07, 6.45) is 6.82. The summed E-state index contributed by atoms with van der Waals surface area (Å²) in [5, 5.41) is 20.8. The summed E-state index contributed by atoms with van der Waals surface area (Å²) in [5.74, 6) is 0.263. The molecule has 0 unspecified atom stereocenters. The van der Waals surface area contributed by atoms with Gasteiger partial charge in [-0.1, -0.05) is 53.2 Å². The Morgan fingerprint density at radius 2 is 1.80 bits per heavy atom. The standard InChI is InChI=1S/C30H44O5/c1-17(9-8-10-18(2)26(34)35)20-15-24(33)30(7)19-11-12-22-27(3,4)23(32)13-14-28(22,5)25(19)21(31)16-29(20,30)6/h10,17,20,22,24,33H,8-9,11-16H2,1-7H3,(H,34,35)/b18-10+/t17-,20-,22+,24+,28+,29-,30-/m1/s1. The first-order valence-electron chi connectivity index (χ1n) is 13.5. The minimum atomic E-state index is -0.887. The third kappa shape index (κ3) is 3.54. The summed E-state index contributed by atoms with van der Waals surface area (Å²) in [7, 11) is 0. The van der Waals surface area contributed by atoms with Gasteiger partial charge >= 0.3 is 5.97 Å². The number of fused-ring (bicyclic) bond motifs is 4. The molecule has 7 atom stereocenters. The molecule has 0 amide bonds. The molecule has 0 radical (unpaired) electrons. The largest absolute Gasteiger partial charge is 0.478 e. The minimum absolute atomic E-state index is 0.157. The highest BCUT2D eigenvalue weighted by molar-refractivity contribution is 6.00. The molecule has 35 heavy (non-hydrogen) atoms. The van der Waals surface area contributed by atoms with Crippen molar-refractivity contribution in [1.82, 2.24) is 0 Å². The van der Waals surface area contributed by atoms with Gasteiger partial charge in [0.2, 0.25) is 0 Å². The highest BCUT2D eigenvalue weighted by Crippen LogP contribution is 2.71. The molecule has 5 heteroatoms. The van der Waals surface area contributed by atoms with Gasteiger partial charge < -0.3 is 10.2 Å². The molecule has 2 saturated carbocycles. The lowest BCUT2D eigenvalue weighted by Crippen LogP contribution is -2.57. The molecule has 0 aliphatic heterocycles. The number of allylic oxidation sites excluding steroid dienone is 2. The van der Waals surface area contributed by atoms with Gasteiger partial charge in [-0.3, -0.25) is 9.59 Å². The molecule has 5 nitrogen and oxygen atoms in total. The van der Waals surface area contributed by atoms with E-state index in [2.05, 4.69) is 41.5 Å². The molecule has 0 aromatic rings. The van der Waals surface area contributed by atoms with Crippen molar-refractivity contribution in [2.45, 2.75) is 106 Å². The Morgan fingerprint density at radius 3 is 2.43 bits per heavy atom. The van der Waals surface area contributed by atoms with Crippen molar-refractivity contribution in [3.63, 3.8) is 0 Å². The fraction of sp³-hybridized carbons (Fsp3) is 0.767. The van der Waals surface area contributed by atoms with Crippen LogP contribution in [0.5, 0.6) is 0 Å². The van der Waals surface area contributed by atoms with E-state index >= 15 is 0 Å². The Labute approximate surface area is 210 Å². The first-order valence-corrected chi connectivity index (χ1v) is 13.5. The SMILES string of the molecule is C/C(=C\CC[C@@H](C)[C@H]1C[C@H](O)[C@@]2(C)C3=C(C(=O)C[C@]12C)[C@@]1(C)CCC(=O)C(C)(C)[C@@H]1CC3)C(=O)O.